The maximum Gasteiger partial charge on any atom is 0.243 e. The number of carbonyl (C=O) groups is 3. The van der Waals surface area contributed by atoms with Crippen molar-refractivity contribution < 1.29 is 14.4 Å². The summed E-state index contributed by atoms with van der Waals surface area (Å²) in [5, 5.41) is 8.56. The van der Waals surface area contributed by atoms with Crippen molar-refractivity contribution in [2.24, 2.45) is 0 Å². The van der Waals surface area contributed by atoms with Crippen LogP contribution in [0, 0.1) is 0 Å². The maximum absolute atomic E-state index is 12.4. The second-order valence-corrected chi connectivity index (χ2v) is 7.07. The Balaban J connectivity index is 0.00000352. The maximum atomic E-state index is 12.4. The van der Waals surface area contributed by atoms with Crippen LogP contribution < -0.4 is 16.0 Å². The molecule has 0 bridgehead atoms. The van der Waals surface area contributed by atoms with Crippen LogP contribution in [0.15, 0.2) is 29.2 Å². The van der Waals surface area contributed by atoms with Crippen LogP contribution in [-0.2, 0) is 20.9 Å². The summed E-state index contributed by atoms with van der Waals surface area (Å²) in [4.78, 5) is 37.0. The highest BCUT2D eigenvalue weighted by Crippen LogP contribution is 2.19. The Labute approximate surface area is 173 Å². The lowest BCUT2D eigenvalue weighted by Gasteiger charge is -2.22. The molecule has 6 nitrogen and oxygen atoms in total. The first-order chi connectivity index (χ1) is 13.3. The summed E-state index contributed by atoms with van der Waals surface area (Å²) in [5.74, 6) is -0.713. The first kappa shape index (κ1) is 26.1. The molecule has 0 saturated carbocycles. The van der Waals surface area contributed by atoms with Gasteiger partial charge in [0.15, 0.2) is 5.78 Å². The molecule has 2 amide bonds. The Morgan fingerprint density at radius 1 is 1.00 bits per heavy atom. The lowest BCUT2D eigenvalue weighted by molar-refractivity contribution is -0.131. The standard InChI is InChI=1S/C19H29N3O3S.C2H6/c1-6-16(19(25)21-12(2)14(4)23)22-18(24)13(3)20-11-15-9-7-8-10-17(15)26-5;1-2/h7-10,12-13,16,20H,6,11H2,1-5H3,(H,21,25)(H,22,24);1-2H3. The molecule has 158 valence electrons. The van der Waals surface area contributed by atoms with E-state index in [1.54, 1.807) is 25.6 Å². The number of thioether (sulfide) groups is 1. The molecule has 0 spiro atoms. The van der Waals surface area contributed by atoms with Gasteiger partial charge in [0.2, 0.25) is 11.8 Å². The van der Waals surface area contributed by atoms with Gasteiger partial charge < -0.3 is 16.0 Å². The topological polar surface area (TPSA) is 87.3 Å². The van der Waals surface area contributed by atoms with E-state index in [0.29, 0.717) is 13.0 Å². The average Bonchev–Trinajstić information content (AvgIpc) is 2.71. The van der Waals surface area contributed by atoms with Gasteiger partial charge in [-0.15, -0.1) is 11.8 Å². The molecule has 1 aromatic rings. The van der Waals surface area contributed by atoms with E-state index in [2.05, 4.69) is 16.0 Å². The molecule has 1 rings (SSSR count). The largest absolute Gasteiger partial charge is 0.345 e. The van der Waals surface area contributed by atoms with Crippen LogP contribution in [0.5, 0.6) is 0 Å². The lowest BCUT2D eigenvalue weighted by Crippen LogP contribution is -2.53. The molecule has 1 aromatic carbocycles. The van der Waals surface area contributed by atoms with E-state index in [1.165, 1.54) is 6.92 Å². The molecule has 0 radical (unpaired) electrons. The monoisotopic (exact) mass is 409 g/mol. The number of Topliss-reactive ketones (excluding diaryl/α,β-unsaturated/α-hetero) is 1. The quantitative estimate of drug-likeness (QED) is 0.517. The van der Waals surface area contributed by atoms with Crippen LogP contribution in [-0.4, -0.2) is 42.0 Å². The van der Waals surface area contributed by atoms with Crippen LogP contribution in [0.3, 0.4) is 0 Å². The van der Waals surface area contributed by atoms with Crippen LogP contribution in [0.25, 0.3) is 0 Å². The number of amides is 2. The van der Waals surface area contributed by atoms with Crippen molar-refractivity contribution in [2.75, 3.05) is 6.26 Å². The molecule has 0 fully saturated rings. The zero-order valence-electron chi connectivity index (χ0n) is 18.1. The van der Waals surface area contributed by atoms with Gasteiger partial charge in [0.25, 0.3) is 0 Å². The Hall–Kier alpha value is -1.86. The van der Waals surface area contributed by atoms with E-state index in [4.69, 9.17) is 0 Å². The number of hydrogen-bond acceptors (Lipinski definition) is 5. The molecule has 0 aliphatic heterocycles. The first-order valence-electron chi connectivity index (χ1n) is 9.76. The van der Waals surface area contributed by atoms with Gasteiger partial charge in [-0.1, -0.05) is 39.0 Å². The number of nitrogens with one attached hydrogen (secondary N) is 3. The van der Waals surface area contributed by atoms with E-state index in [0.717, 1.165) is 10.5 Å². The summed E-state index contributed by atoms with van der Waals surface area (Å²) in [6, 6.07) is 6.35. The van der Waals surface area contributed by atoms with Gasteiger partial charge in [-0.25, -0.2) is 0 Å². The number of rotatable bonds is 10. The van der Waals surface area contributed by atoms with Gasteiger partial charge in [0, 0.05) is 11.4 Å². The van der Waals surface area contributed by atoms with Crippen molar-refractivity contribution in [3.05, 3.63) is 29.8 Å². The SMILES string of the molecule is CC.CCC(NC(=O)C(C)NCc1ccccc1SC)C(=O)NC(C)C(C)=O. The molecule has 0 aliphatic carbocycles. The molecule has 7 heteroatoms. The summed E-state index contributed by atoms with van der Waals surface area (Å²) in [6.45, 7) is 11.2. The van der Waals surface area contributed by atoms with Crippen molar-refractivity contribution >= 4 is 29.4 Å². The summed E-state index contributed by atoms with van der Waals surface area (Å²) in [5.41, 5.74) is 1.12. The van der Waals surface area contributed by atoms with Crippen molar-refractivity contribution in [3.8, 4) is 0 Å². The van der Waals surface area contributed by atoms with Crippen molar-refractivity contribution in [1.29, 1.82) is 0 Å². The number of ketones is 1. The van der Waals surface area contributed by atoms with Gasteiger partial charge in [-0.3, -0.25) is 14.4 Å². The third-order valence-corrected chi connectivity index (χ3v) is 5.03. The lowest BCUT2D eigenvalue weighted by atomic mass is 10.1. The Morgan fingerprint density at radius 3 is 2.14 bits per heavy atom. The van der Waals surface area contributed by atoms with Crippen LogP contribution in [0.1, 0.15) is 53.5 Å². The number of carbonyl (C=O) groups excluding carboxylic acids is 3. The predicted molar refractivity (Wildman–Crippen MR) is 116 cm³/mol. The zero-order valence-corrected chi connectivity index (χ0v) is 18.9. The van der Waals surface area contributed by atoms with Gasteiger partial charge in [0.05, 0.1) is 12.1 Å². The fourth-order valence-electron chi connectivity index (χ4n) is 2.27. The Morgan fingerprint density at radius 2 is 1.61 bits per heavy atom. The third-order valence-electron chi connectivity index (χ3n) is 4.19. The minimum absolute atomic E-state index is 0.123. The van der Waals surface area contributed by atoms with E-state index < -0.39 is 18.1 Å². The van der Waals surface area contributed by atoms with Gasteiger partial charge in [-0.2, -0.15) is 0 Å². The molecule has 3 atom stereocenters. The minimum atomic E-state index is -0.660. The molecule has 0 aliphatic rings. The highest BCUT2D eigenvalue weighted by Gasteiger charge is 2.23. The van der Waals surface area contributed by atoms with Crippen LogP contribution >= 0.6 is 11.8 Å². The van der Waals surface area contributed by atoms with Gasteiger partial charge in [0.1, 0.15) is 6.04 Å². The van der Waals surface area contributed by atoms with Crippen LogP contribution in [0.2, 0.25) is 0 Å². The van der Waals surface area contributed by atoms with Crippen LogP contribution in [0.4, 0.5) is 0 Å². The Kier molecular flexibility index (Phi) is 13.2. The van der Waals surface area contributed by atoms with Crippen molar-refractivity contribution in [1.82, 2.24) is 16.0 Å². The Bertz CT molecular complexity index is 637. The molecule has 0 saturated heterocycles. The predicted octanol–water partition coefficient (Wildman–Crippen LogP) is 2.90. The summed E-state index contributed by atoms with van der Waals surface area (Å²) in [7, 11) is 0. The summed E-state index contributed by atoms with van der Waals surface area (Å²) >= 11 is 1.66. The molecular formula is C21H35N3O3S. The molecule has 3 unspecified atom stereocenters. The second-order valence-electron chi connectivity index (χ2n) is 6.22. The smallest absolute Gasteiger partial charge is 0.243 e. The minimum Gasteiger partial charge on any atom is -0.345 e. The van der Waals surface area contributed by atoms with E-state index >= 15 is 0 Å². The molecular weight excluding hydrogens is 374 g/mol. The number of benzene rings is 1. The van der Waals surface area contributed by atoms with E-state index in [1.807, 2.05) is 51.3 Å². The molecule has 28 heavy (non-hydrogen) atoms. The van der Waals surface area contributed by atoms with Crippen molar-refractivity contribution in [2.45, 2.75) is 77.5 Å². The highest BCUT2D eigenvalue weighted by molar-refractivity contribution is 7.98. The second kappa shape index (κ2) is 14.2. The van der Waals surface area contributed by atoms with Gasteiger partial charge >= 0.3 is 0 Å². The summed E-state index contributed by atoms with van der Waals surface area (Å²) in [6.07, 6.45) is 2.46. The highest BCUT2D eigenvalue weighted by atomic mass is 32.2. The number of hydrogen-bond donors (Lipinski definition) is 3. The summed E-state index contributed by atoms with van der Waals surface area (Å²) < 4.78 is 0. The molecule has 0 aromatic heterocycles. The zero-order chi connectivity index (χ0) is 21.7. The van der Waals surface area contributed by atoms with Crippen molar-refractivity contribution in [3.63, 3.8) is 0 Å². The van der Waals surface area contributed by atoms with Gasteiger partial charge in [-0.05, 0) is 45.1 Å². The average molecular weight is 410 g/mol. The van der Waals surface area contributed by atoms with E-state index in [9.17, 15) is 14.4 Å². The third kappa shape index (κ3) is 8.89. The molecule has 3 N–H and O–H groups in total. The molecule has 0 heterocycles. The first-order valence-corrected chi connectivity index (χ1v) is 11.0. The van der Waals surface area contributed by atoms with E-state index in [-0.39, 0.29) is 17.6 Å². The fourth-order valence-corrected chi connectivity index (χ4v) is 2.89. The normalized spacial score (nSPS) is 13.4. The fraction of sp³-hybridized carbons (Fsp3) is 0.571.